The van der Waals surface area contributed by atoms with Gasteiger partial charge in [-0.25, -0.2) is 9.07 Å². The summed E-state index contributed by atoms with van der Waals surface area (Å²) >= 11 is 0. The van der Waals surface area contributed by atoms with Gasteiger partial charge in [0.1, 0.15) is 11.6 Å². The molecule has 0 saturated carbocycles. The predicted molar refractivity (Wildman–Crippen MR) is 95.8 cm³/mol. The third kappa shape index (κ3) is 4.91. The minimum Gasteiger partial charge on any atom is -0.484 e. The lowest BCUT2D eigenvalue weighted by Gasteiger charge is -2.08. The standard InChI is InChI=1S/C19H17FN4O3/c1-13-5-7-16(8-6-13)27-12-18(25)21-22-19(26)17-9-10-24(23-17)15-4-2-3-14(20)11-15/h2-11H,12H2,1H3,(H,21,25)(H,22,26). The lowest BCUT2D eigenvalue weighted by atomic mass is 10.2. The van der Waals surface area contributed by atoms with E-state index in [0.717, 1.165) is 5.56 Å². The Hall–Kier alpha value is -3.68. The Labute approximate surface area is 154 Å². The van der Waals surface area contributed by atoms with Gasteiger partial charge in [0.15, 0.2) is 12.3 Å². The molecule has 0 spiro atoms. The highest BCUT2D eigenvalue weighted by Gasteiger charge is 2.12. The number of hydrazine groups is 1. The Morgan fingerprint density at radius 2 is 1.89 bits per heavy atom. The Bertz CT molecular complexity index is 954. The molecular formula is C19H17FN4O3. The van der Waals surface area contributed by atoms with Crippen molar-refractivity contribution in [2.24, 2.45) is 0 Å². The van der Waals surface area contributed by atoms with E-state index in [2.05, 4.69) is 16.0 Å². The second-order valence-corrected chi connectivity index (χ2v) is 5.73. The molecule has 0 saturated heterocycles. The molecule has 3 rings (SSSR count). The highest BCUT2D eigenvalue weighted by Crippen LogP contribution is 2.11. The van der Waals surface area contributed by atoms with Gasteiger partial charge in [-0.05, 0) is 43.3 Å². The van der Waals surface area contributed by atoms with Gasteiger partial charge in [-0.2, -0.15) is 5.10 Å². The average molecular weight is 368 g/mol. The second kappa shape index (κ2) is 8.13. The molecular weight excluding hydrogens is 351 g/mol. The molecule has 1 heterocycles. The molecule has 1 aromatic heterocycles. The summed E-state index contributed by atoms with van der Waals surface area (Å²) in [6, 6.07) is 14.5. The molecule has 2 amide bonds. The average Bonchev–Trinajstić information content (AvgIpc) is 3.16. The Balaban J connectivity index is 1.50. The zero-order valence-electron chi connectivity index (χ0n) is 14.5. The molecule has 0 radical (unpaired) electrons. The van der Waals surface area contributed by atoms with Gasteiger partial charge in [-0.15, -0.1) is 0 Å². The zero-order valence-corrected chi connectivity index (χ0v) is 14.5. The summed E-state index contributed by atoms with van der Waals surface area (Å²) in [5.74, 6) is -0.979. The van der Waals surface area contributed by atoms with Gasteiger partial charge < -0.3 is 4.74 Å². The number of hydrogen-bond donors (Lipinski definition) is 2. The van der Waals surface area contributed by atoms with Gasteiger partial charge >= 0.3 is 0 Å². The maximum Gasteiger partial charge on any atom is 0.290 e. The van der Waals surface area contributed by atoms with Gasteiger partial charge in [0, 0.05) is 6.20 Å². The van der Waals surface area contributed by atoms with Crippen molar-refractivity contribution in [1.82, 2.24) is 20.6 Å². The molecule has 7 nitrogen and oxygen atoms in total. The molecule has 0 unspecified atom stereocenters. The number of carbonyl (C=O) groups is 2. The Morgan fingerprint density at radius 1 is 1.11 bits per heavy atom. The number of aryl methyl sites for hydroxylation is 1. The van der Waals surface area contributed by atoms with E-state index in [0.29, 0.717) is 11.4 Å². The van der Waals surface area contributed by atoms with Crippen LogP contribution in [0, 0.1) is 12.7 Å². The second-order valence-electron chi connectivity index (χ2n) is 5.73. The first-order valence-electron chi connectivity index (χ1n) is 8.11. The third-order valence-corrected chi connectivity index (χ3v) is 3.60. The topological polar surface area (TPSA) is 85.3 Å². The summed E-state index contributed by atoms with van der Waals surface area (Å²) in [6.07, 6.45) is 1.52. The fraction of sp³-hybridized carbons (Fsp3) is 0.105. The van der Waals surface area contributed by atoms with Gasteiger partial charge in [-0.1, -0.05) is 23.8 Å². The molecule has 138 valence electrons. The van der Waals surface area contributed by atoms with Gasteiger partial charge in [0.25, 0.3) is 11.8 Å². The van der Waals surface area contributed by atoms with Gasteiger partial charge in [-0.3, -0.25) is 20.4 Å². The summed E-state index contributed by atoms with van der Waals surface area (Å²) in [6.45, 7) is 1.70. The SMILES string of the molecule is Cc1ccc(OCC(=O)NNC(=O)c2ccn(-c3cccc(F)c3)n2)cc1. The van der Waals surface area contributed by atoms with Crippen LogP contribution in [0.15, 0.2) is 60.8 Å². The molecule has 2 aromatic carbocycles. The van der Waals surface area contributed by atoms with E-state index < -0.39 is 17.6 Å². The summed E-state index contributed by atoms with van der Waals surface area (Å²) in [5, 5.41) is 4.06. The highest BCUT2D eigenvalue weighted by atomic mass is 19.1. The van der Waals surface area contributed by atoms with E-state index in [1.807, 2.05) is 19.1 Å². The van der Waals surface area contributed by atoms with Crippen molar-refractivity contribution in [2.45, 2.75) is 6.92 Å². The highest BCUT2D eigenvalue weighted by molar-refractivity contribution is 5.93. The minimum absolute atomic E-state index is 0.0685. The van der Waals surface area contributed by atoms with E-state index in [4.69, 9.17) is 4.74 Å². The van der Waals surface area contributed by atoms with Crippen LogP contribution in [0.25, 0.3) is 5.69 Å². The number of aromatic nitrogens is 2. The van der Waals surface area contributed by atoms with Crippen molar-refractivity contribution in [1.29, 1.82) is 0 Å². The fourth-order valence-corrected chi connectivity index (χ4v) is 2.22. The van der Waals surface area contributed by atoms with Crippen LogP contribution in [-0.2, 0) is 4.79 Å². The van der Waals surface area contributed by atoms with Crippen molar-refractivity contribution in [3.63, 3.8) is 0 Å². The number of ether oxygens (including phenoxy) is 1. The van der Waals surface area contributed by atoms with Crippen LogP contribution in [0.4, 0.5) is 4.39 Å². The van der Waals surface area contributed by atoms with E-state index in [9.17, 15) is 14.0 Å². The monoisotopic (exact) mass is 368 g/mol. The first-order chi connectivity index (χ1) is 13.0. The summed E-state index contributed by atoms with van der Waals surface area (Å²) in [7, 11) is 0. The quantitative estimate of drug-likeness (QED) is 0.676. The van der Waals surface area contributed by atoms with E-state index in [1.165, 1.54) is 29.1 Å². The maximum atomic E-state index is 13.3. The summed E-state index contributed by atoms with van der Waals surface area (Å²) in [4.78, 5) is 23.8. The largest absolute Gasteiger partial charge is 0.484 e. The third-order valence-electron chi connectivity index (χ3n) is 3.60. The normalized spacial score (nSPS) is 10.3. The number of halogens is 1. The zero-order chi connectivity index (χ0) is 19.2. The van der Waals surface area contributed by atoms with E-state index >= 15 is 0 Å². The molecule has 0 fully saturated rings. The minimum atomic E-state index is -0.603. The molecule has 0 bridgehead atoms. The van der Waals surface area contributed by atoms with Gasteiger partial charge in [0.05, 0.1) is 5.69 Å². The van der Waals surface area contributed by atoms with Crippen LogP contribution in [-0.4, -0.2) is 28.2 Å². The Kier molecular flexibility index (Phi) is 5.46. The van der Waals surface area contributed by atoms with Crippen LogP contribution in [0.5, 0.6) is 5.75 Å². The number of carbonyl (C=O) groups excluding carboxylic acids is 2. The van der Waals surface area contributed by atoms with Crippen LogP contribution < -0.4 is 15.6 Å². The number of amides is 2. The van der Waals surface area contributed by atoms with Gasteiger partial charge in [0.2, 0.25) is 0 Å². The number of nitrogens with zero attached hydrogens (tertiary/aromatic N) is 2. The van der Waals surface area contributed by atoms with Crippen LogP contribution in [0.1, 0.15) is 16.1 Å². The lowest BCUT2D eigenvalue weighted by molar-refractivity contribution is -0.123. The smallest absolute Gasteiger partial charge is 0.290 e. The van der Waals surface area contributed by atoms with E-state index in [1.54, 1.807) is 24.3 Å². The van der Waals surface area contributed by atoms with Crippen LogP contribution >= 0.6 is 0 Å². The molecule has 2 N–H and O–H groups in total. The van der Waals surface area contributed by atoms with E-state index in [-0.39, 0.29) is 12.3 Å². The van der Waals surface area contributed by atoms with Crippen molar-refractivity contribution in [2.75, 3.05) is 6.61 Å². The molecule has 0 aliphatic heterocycles. The molecule has 27 heavy (non-hydrogen) atoms. The van der Waals surface area contributed by atoms with Crippen molar-refractivity contribution < 1.29 is 18.7 Å². The molecule has 0 atom stereocenters. The first-order valence-corrected chi connectivity index (χ1v) is 8.11. The molecule has 0 aliphatic carbocycles. The lowest BCUT2D eigenvalue weighted by Crippen LogP contribution is -2.44. The fourth-order valence-electron chi connectivity index (χ4n) is 2.22. The number of hydrogen-bond acceptors (Lipinski definition) is 4. The predicted octanol–water partition coefficient (Wildman–Crippen LogP) is 2.16. The Morgan fingerprint density at radius 3 is 2.63 bits per heavy atom. The molecule has 3 aromatic rings. The van der Waals surface area contributed by atoms with Crippen molar-refractivity contribution >= 4 is 11.8 Å². The molecule has 8 heteroatoms. The van der Waals surface area contributed by atoms with Crippen molar-refractivity contribution in [3.05, 3.63) is 77.9 Å². The number of benzene rings is 2. The summed E-state index contributed by atoms with van der Waals surface area (Å²) < 4.78 is 19.9. The number of nitrogens with one attached hydrogen (secondary N) is 2. The number of rotatable bonds is 5. The van der Waals surface area contributed by atoms with Crippen LogP contribution in [0.2, 0.25) is 0 Å². The molecule has 0 aliphatic rings. The maximum absolute atomic E-state index is 13.3. The first kappa shape index (κ1) is 18.1. The summed E-state index contributed by atoms with van der Waals surface area (Å²) in [5.41, 5.74) is 6.13. The van der Waals surface area contributed by atoms with Crippen molar-refractivity contribution in [3.8, 4) is 11.4 Å². The van der Waals surface area contributed by atoms with Crippen LogP contribution in [0.3, 0.4) is 0 Å².